The molecule has 0 radical (unpaired) electrons. The van der Waals surface area contributed by atoms with Crippen LogP contribution in [0.2, 0.25) is 0 Å². The number of aromatic nitrogens is 2. The van der Waals surface area contributed by atoms with Crippen molar-refractivity contribution >= 4 is 5.91 Å². The SMILES string of the molecule is O=C(NCc1ccoc1)c1cc(-c2ccco2)[nH]n1. The maximum Gasteiger partial charge on any atom is 0.272 e. The van der Waals surface area contributed by atoms with Crippen LogP contribution in [0, 0.1) is 0 Å². The van der Waals surface area contributed by atoms with Gasteiger partial charge in [-0.2, -0.15) is 5.10 Å². The molecule has 3 aromatic rings. The van der Waals surface area contributed by atoms with Crippen LogP contribution in [0.15, 0.2) is 51.9 Å². The predicted octanol–water partition coefficient (Wildman–Crippen LogP) is 2.19. The Hall–Kier alpha value is -2.76. The number of nitrogens with zero attached hydrogens (tertiary/aromatic N) is 1. The Labute approximate surface area is 108 Å². The zero-order valence-corrected chi connectivity index (χ0v) is 9.92. The molecule has 0 unspecified atom stereocenters. The molecular formula is C13H11N3O3. The lowest BCUT2D eigenvalue weighted by atomic mass is 10.3. The van der Waals surface area contributed by atoms with Crippen LogP contribution >= 0.6 is 0 Å². The number of amides is 1. The molecular weight excluding hydrogens is 246 g/mol. The topological polar surface area (TPSA) is 84.1 Å². The molecule has 0 aliphatic carbocycles. The van der Waals surface area contributed by atoms with Crippen molar-refractivity contribution in [2.24, 2.45) is 0 Å². The van der Waals surface area contributed by atoms with Crippen LogP contribution in [0.1, 0.15) is 16.1 Å². The van der Waals surface area contributed by atoms with Gasteiger partial charge >= 0.3 is 0 Å². The lowest BCUT2D eigenvalue weighted by Crippen LogP contribution is -2.22. The fourth-order valence-corrected chi connectivity index (χ4v) is 1.66. The van der Waals surface area contributed by atoms with E-state index in [1.165, 1.54) is 0 Å². The van der Waals surface area contributed by atoms with Crippen LogP contribution in [0.3, 0.4) is 0 Å². The number of hydrogen-bond acceptors (Lipinski definition) is 4. The monoisotopic (exact) mass is 257 g/mol. The minimum absolute atomic E-state index is 0.254. The molecule has 0 bridgehead atoms. The van der Waals surface area contributed by atoms with Crippen molar-refractivity contribution in [3.63, 3.8) is 0 Å². The van der Waals surface area contributed by atoms with E-state index in [1.54, 1.807) is 43.1 Å². The smallest absolute Gasteiger partial charge is 0.272 e. The highest BCUT2D eigenvalue weighted by molar-refractivity contribution is 5.93. The van der Waals surface area contributed by atoms with Crippen molar-refractivity contribution in [2.75, 3.05) is 0 Å². The standard InChI is InChI=1S/C13H11N3O3/c17-13(14-7-9-3-5-18-8-9)11-6-10(15-16-11)12-2-1-4-19-12/h1-6,8H,7H2,(H,14,17)(H,15,16). The van der Waals surface area contributed by atoms with E-state index in [0.29, 0.717) is 23.7 Å². The van der Waals surface area contributed by atoms with Gasteiger partial charge in [0.15, 0.2) is 11.5 Å². The molecule has 3 heterocycles. The summed E-state index contributed by atoms with van der Waals surface area (Å²) in [6, 6.07) is 7.00. The van der Waals surface area contributed by atoms with Crippen molar-refractivity contribution in [1.29, 1.82) is 0 Å². The van der Waals surface area contributed by atoms with E-state index in [1.807, 2.05) is 0 Å². The summed E-state index contributed by atoms with van der Waals surface area (Å²) in [5, 5.41) is 9.46. The van der Waals surface area contributed by atoms with Crippen molar-refractivity contribution in [1.82, 2.24) is 15.5 Å². The Balaban J connectivity index is 1.67. The molecule has 0 fully saturated rings. The zero-order valence-electron chi connectivity index (χ0n) is 9.92. The molecule has 3 aromatic heterocycles. The van der Waals surface area contributed by atoms with Gasteiger partial charge in [0.2, 0.25) is 0 Å². The summed E-state index contributed by atoms with van der Waals surface area (Å²) in [5.74, 6) is 0.386. The predicted molar refractivity (Wildman–Crippen MR) is 66.2 cm³/mol. The van der Waals surface area contributed by atoms with E-state index in [0.717, 1.165) is 5.56 Å². The highest BCUT2D eigenvalue weighted by atomic mass is 16.3. The molecule has 96 valence electrons. The Kier molecular flexibility index (Phi) is 2.89. The highest BCUT2D eigenvalue weighted by Crippen LogP contribution is 2.17. The van der Waals surface area contributed by atoms with E-state index < -0.39 is 0 Å². The minimum atomic E-state index is -0.254. The highest BCUT2D eigenvalue weighted by Gasteiger charge is 2.12. The lowest BCUT2D eigenvalue weighted by molar-refractivity contribution is 0.0946. The van der Waals surface area contributed by atoms with Crippen molar-refractivity contribution in [2.45, 2.75) is 6.54 Å². The number of aromatic amines is 1. The van der Waals surface area contributed by atoms with E-state index in [9.17, 15) is 4.79 Å². The van der Waals surface area contributed by atoms with Crippen LogP contribution < -0.4 is 5.32 Å². The van der Waals surface area contributed by atoms with Gasteiger partial charge in [0.1, 0.15) is 5.69 Å². The summed E-state index contributed by atoms with van der Waals surface area (Å²) in [6.45, 7) is 0.401. The zero-order chi connectivity index (χ0) is 13.1. The quantitative estimate of drug-likeness (QED) is 0.750. The number of hydrogen-bond donors (Lipinski definition) is 2. The van der Waals surface area contributed by atoms with Crippen LogP contribution in [0.25, 0.3) is 11.5 Å². The number of carbonyl (C=O) groups is 1. The Morgan fingerprint density at radius 2 is 2.32 bits per heavy atom. The molecule has 6 heteroatoms. The number of furan rings is 2. The normalized spacial score (nSPS) is 10.5. The van der Waals surface area contributed by atoms with Crippen molar-refractivity contribution < 1.29 is 13.6 Å². The lowest BCUT2D eigenvalue weighted by Gasteiger charge is -1.99. The molecule has 6 nitrogen and oxygen atoms in total. The number of carbonyl (C=O) groups excluding carboxylic acids is 1. The number of H-pyrrole nitrogens is 1. The molecule has 0 spiro atoms. The van der Waals surface area contributed by atoms with Crippen LogP contribution in [0.5, 0.6) is 0 Å². The molecule has 19 heavy (non-hydrogen) atoms. The second kappa shape index (κ2) is 4.85. The van der Waals surface area contributed by atoms with E-state index in [4.69, 9.17) is 8.83 Å². The maximum atomic E-state index is 11.9. The largest absolute Gasteiger partial charge is 0.472 e. The number of nitrogens with one attached hydrogen (secondary N) is 2. The average molecular weight is 257 g/mol. The molecule has 0 saturated heterocycles. The van der Waals surface area contributed by atoms with Crippen LogP contribution in [0.4, 0.5) is 0 Å². The van der Waals surface area contributed by atoms with Gasteiger partial charge in [-0.05, 0) is 18.2 Å². The summed E-state index contributed by atoms with van der Waals surface area (Å²) >= 11 is 0. The van der Waals surface area contributed by atoms with Gasteiger partial charge in [0, 0.05) is 18.2 Å². The second-order valence-corrected chi connectivity index (χ2v) is 3.96. The Bertz CT molecular complexity index is 653. The molecule has 1 amide bonds. The fourth-order valence-electron chi connectivity index (χ4n) is 1.66. The average Bonchev–Trinajstić information content (AvgIpc) is 3.14. The summed E-state index contributed by atoms with van der Waals surface area (Å²) in [5.41, 5.74) is 1.88. The molecule has 2 N–H and O–H groups in total. The van der Waals surface area contributed by atoms with E-state index in [2.05, 4.69) is 15.5 Å². The molecule has 0 aliphatic heterocycles. The first-order chi connectivity index (χ1) is 9.33. The Morgan fingerprint density at radius 3 is 3.05 bits per heavy atom. The fraction of sp³-hybridized carbons (Fsp3) is 0.0769. The van der Waals surface area contributed by atoms with E-state index in [-0.39, 0.29) is 5.91 Å². The van der Waals surface area contributed by atoms with Gasteiger partial charge in [-0.1, -0.05) is 0 Å². The van der Waals surface area contributed by atoms with Gasteiger partial charge in [-0.3, -0.25) is 9.89 Å². The van der Waals surface area contributed by atoms with Gasteiger partial charge in [0.05, 0.1) is 18.8 Å². The van der Waals surface area contributed by atoms with Gasteiger partial charge < -0.3 is 14.2 Å². The van der Waals surface area contributed by atoms with Crippen LogP contribution in [-0.4, -0.2) is 16.1 Å². The van der Waals surface area contributed by atoms with Gasteiger partial charge in [0.25, 0.3) is 5.91 Å². The summed E-state index contributed by atoms with van der Waals surface area (Å²) in [7, 11) is 0. The first kappa shape index (κ1) is 11.3. The first-order valence-corrected chi connectivity index (χ1v) is 5.71. The third-order valence-corrected chi connectivity index (χ3v) is 2.63. The molecule has 3 rings (SSSR count). The summed E-state index contributed by atoms with van der Waals surface area (Å²) in [4.78, 5) is 11.9. The third kappa shape index (κ3) is 2.42. The Morgan fingerprint density at radius 1 is 1.37 bits per heavy atom. The van der Waals surface area contributed by atoms with Gasteiger partial charge in [-0.15, -0.1) is 0 Å². The van der Waals surface area contributed by atoms with Crippen molar-refractivity contribution in [3.05, 3.63) is 54.3 Å². The van der Waals surface area contributed by atoms with E-state index >= 15 is 0 Å². The first-order valence-electron chi connectivity index (χ1n) is 5.71. The molecule has 0 saturated carbocycles. The third-order valence-electron chi connectivity index (χ3n) is 2.63. The number of rotatable bonds is 4. The summed E-state index contributed by atoms with van der Waals surface area (Å²) in [6.07, 6.45) is 4.71. The maximum absolute atomic E-state index is 11.9. The second-order valence-electron chi connectivity index (χ2n) is 3.96. The van der Waals surface area contributed by atoms with Crippen LogP contribution in [-0.2, 0) is 6.54 Å². The molecule has 0 atom stereocenters. The summed E-state index contributed by atoms with van der Waals surface area (Å²) < 4.78 is 10.1. The molecule has 0 aromatic carbocycles. The van der Waals surface area contributed by atoms with Gasteiger partial charge in [-0.25, -0.2) is 0 Å². The minimum Gasteiger partial charge on any atom is -0.472 e. The van der Waals surface area contributed by atoms with Crippen molar-refractivity contribution in [3.8, 4) is 11.5 Å². The molecule has 0 aliphatic rings.